The van der Waals surface area contributed by atoms with Crippen molar-refractivity contribution in [2.75, 3.05) is 18.5 Å². The van der Waals surface area contributed by atoms with E-state index in [1.807, 2.05) is 0 Å². The molecule has 1 amide bonds. The maximum Gasteiger partial charge on any atom is 0.340 e. The van der Waals surface area contributed by atoms with Crippen LogP contribution in [0.5, 0.6) is 0 Å². The fourth-order valence-electron chi connectivity index (χ4n) is 3.40. The Labute approximate surface area is 193 Å². The van der Waals surface area contributed by atoms with Crippen LogP contribution in [0.15, 0.2) is 59.0 Å². The Morgan fingerprint density at radius 1 is 1.18 bits per heavy atom. The second kappa shape index (κ2) is 9.85. The monoisotopic (exact) mass is 470 g/mol. The van der Waals surface area contributed by atoms with E-state index in [1.165, 1.54) is 30.3 Å². The number of amides is 1. The summed E-state index contributed by atoms with van der Waals surface area (Å²) in [5.74, 6) is -0.913. The van der Waals surface area contributed by atoms with Crippen molar-refractivity contribution in [1.29, 1.82) is 0 Å². The number of nitro benzene ring substituents is 1. The lowest BCUT2D eigenvalue weighted by Crippen LogP contribution is -2.20. The second-order valence-corrected chi connectivity index (χ2v) is 7.73. The smallest absolute Gasteiger partial charge is 0.340 e. The molecule has 9 nitrogen and oxygen atoms in total. The maximum absolute atomic E-state index is 12.7. The number of nitrogens with zero attached hydrogens (tertiary/aromatic N) is 1. The van der Waals surface area contributed by atoms with E-state index in [0.717, 1.165) is 12.8 Å². The molecule has 1 aliphatic rings. The van der Waals surface area contributed by atoms with Crippen LogP contribution in [0, 0.1) is 10.1 Å². The third kappa shape index (κ3) is 5.21. The minimum atomic E-state index is -0.585. The first-order valence-electron chi connectivity index (χ1n) is 10.2. The molecule has 0 radical (unpaired) electrons. The van der Waals surface area contributed by atoms with E-state index in [-0.39, 0.29) is 46.2 Å². The van der Waals surface area contributed by atoms with Crippen LogP contribution < -0.4 is 5.32 Å². The molecule has 0 aliphatic carbocycles. The zero-order valence-corrected chi connectivity index (χ0v) is 18.0. The molecule has 170 valence electrons. The van der Waals surface area contributed by atoms with E-state index in [2.05, 4.69) is 5.32 Å². The molecular formula is C23H19ClN2O7. The molecule has 0 bridgehead atoms. The van der Waals surface area contributed by atoms with Gasteiger partial charge < -0.3 is 19.2 Å². The van der Waals surface area contributed by atoms with Crippen molar-refractivity contribution in [2.45, 2.75) is 18.9 Å². The Morgan fingerprint density at radius 3 is 2.73 bits per heavy atom. The average Bonchev–Trinajstić information content (AvgIpc) is 3.50. The summed E-state index contributed by atoms with van der Waals surface area (Å²) in [4.78, 5) is 35.6. The van der Waals surface area contributed by atoms with Gasteiger partial charge in [0.2, 0.25) is 0 Å². The number of esters is 1. The van der Waals surface area contributed by atoms with Crippen LogP contribution in [0.3, 0.4) is 0 Å². The first-order chi connectivity index (χ1) is 15.9. The highest BCUT2D eigenvalue weighted by molar-refractivity contribution is 6.33. The quantitative estimate of drug-likeness (QED) is 0.290. The Balaban J connectivity index is 1.47. The SMILES string of the molecule is O=C(Nc1ccccc1C(=O)OCC1CCCO1)c1ccc(-c2ccc([N+](=O)[O-])cc2Cl)o1. The van der Waals surface area contributed by atoms with E-state index in [0.29, 0.717) is 12.2 Å². The molecule has 10 heteroatoms. The molecule has 1 aliphatic heterocycles. The molecule has 2 aromatic carbocycles. The highest BCUT2D eigenvalue weighted by atomic mass is 35.5. The van der Waals surface area contributed by atoms with Crippen LogP contribution in [0.2, 0.25) is 5.02 Å². The number of hydrogen-bond acceptors (Lipinski definition) is 7. The number of halogens is 1. The topological polar surface area (TPSA) is 121 Å². The molecule has 33 heavy (non-hydrogen) atoms. The van der Waals surface area contributed by atoms with Crippen molar-refractivity contribution >= 4 is 34.9 Å². The van der Waals surface area contributed by atoms with Crippen LogP contribution in [0.25, 0.3) is 11.3 Å². The lowest BCUT2D eigenvalue weighted by molar-refractivity contribution is -0.384. The highest BCUT2D eigenvalue weighted by Crippen LogP contribution is 2.32. The van der Waals surface area contributed by atoms with Crippen molar-refractivity contribution in [3.05, 3.63) is 81.1 Å². The van der Waals surface area contributed by atoms with Gasteiger partial charge in [0.05, 0.1) is 27.3 Å². The molecule has 1 aromatic heterocycles. The van der Waals surface area contributed by atoms with Gasteiger partial charge in [0.15, 0.2) is 5.76 Å². The number of para-hydroxylation sites is 1. The fourth-order valence-corrected chi connectivity index (χ4v) is 3.67. The summed E-state index contributed by atoms with van der Waals surface area (Å²) in [5, 5.41) is 13.7. The van der Waals surface area contributed by atoms with Gasteiger partial charge in [-0.15, -0.1) is 0 Å². The minimum Gasteiger partial charge on any atom is -0.459 e. The van der Waals surface area contributed by atoms with Crippen molar-refractivity contribution in [3.8, 4) is 11.3 Å². The molecule has 1 saturated heterocycles. The first-order valence-corrected chi connectivity index (χ1v) is 10.5. The maximum atomic E-state index is 12.7. The van der Waals surface area contributed by atoms with Crippen LogP contribution in [-0.2, 0) is 9.47 Å². The molecule has 0 saturated carbocycles. The molecule has 1 atom stereocenters. The van der Waals surface area contributed by atoms with Crippen LogP contribution in [-0.4, -0.2) is 36.1 Å². The number of anilines is 1. The Kier molecular flexibility index (Phi) is 6.71. The third-order valence-electron chi connectivity index (χ3n) is 5.08. The lowest BCUT2D eigenvalue weighted by atomic mass is 10.1. The zero-order valence-electron chi connectivity index (χ0n) is 17.3. The molecule has 4 rings (SSSR count). The Morgan fingerprint density at radius 2 is 2.00 bits per heavy atom. The van der Waals surface area contributed by atoms with Gasteiger partial charge in [-0.05, 0) is 43.2 Å². The average molecular weight is 471 g/mol. The van der Waals surface area contributed by atoms with Gasteiger partial charge >= 0.3 is 5.97 Å². The number of rotatable bonds is 7. The number of carbonyl (C=O) groups excluding carboxylic acids is 2. The number of hydrogen-bond donors (Lipinski definition) is 1. The van der Waals surface area contributed by atoms with E-state index >= 15 is 0 Å². The number of benzene rings is 2. The van der Waals surface area contributed by atoms with E-state index in [9.17, 15) is 19.7 Å². The van der Waals surface area contributed by atoms with Crippen molar-refractivity contribution in [1.82, 2.24) is 0 Å². The van der Waals surface area contributed by atoms with Gasteiger partial charge in [0.1, 0.15) is 12.4 Å². The summed E-state index contributed by atoms with van der Waals surface area (Å²) < 4.78 is 16.4. The molecule has 1 fully saturated rings. The van der Waals surface area contributed by atoms with Crippen molar-refractivity contribution < 1.29 is 28.4 Å². The lowest BCUT2D eigenvalue weighted by Gasteiger charge is -2.12. The summed E-state index contributed by atoms with van der Waals surface area (Å²) >= 11 is 6.13. The molecule has 3 aromatic rings. The van der Waals surface area contributed by atoms with Crippen LogP contribution >= 0.6 is 11.6 Å². The second-order valence-electron chi connectivity index (χ2n) is 7.32. The highest BCUT2D eigenvalue weighted by Gasteiger charge is 2.21. The van der Waals surface area contributed by atoms with Crippen molar-refractivity contribution in [3.63, 3.8) is 0 Å². The molecule has 1 N–H and O–H groups in total. The minimum absolute atomic E-state index is 0.0260. The molecular weight excluding hydrogens is 452 g/mol. The Hall–Kier alpha value is -3.69. The van der Waals surface area contributed by atoms with Gasteiger partial charge in [-0.2, -0.15) is 0 Å². The van der Waals surface area contributed by atoms with E-state index in [4.69, 9.17) is 25.5 Å². The predicted octanol–water partition coefficient (Wildman–Crippen LogP) is 5.10. The number of nitro groups is 1. The normalized spacial score (nSPS) is 15.2. The van der Waals surface area contributed by atoms with Crippen LogP contribution in [0.1, 0.15) is 33.8 Å². The van der Waals surface area contributed by atoms with Gasteiger partial charge in [-0.1, -0.05) is 23.7 Å². The summed E-state index contributed by atoms with van der Waals surface area (Å²) in [7, 11) is 0. The number of ether oxygens (including phenoxy) is 2. The number of nitrogens with one attached hydrogen (secondary N) is 1. The predicted molar refractivity (Wildman–Crippen MR) is 119 cm³/mol. The molecule has 0 spiro atoms. The summed E-state index contributed by atoms with van der Waals surface area (Å²) in [6.07, 6.45) is 1.67. The Bertz CT molecular complexity index is 1200. The first kappa shape index (κ1) is 22.5. The van der Waals surface area contributed by atoms with Crippen LogP contribution in [0.4, 0.5) is 11.4 Å². The number of carbonyl (C=O) groups is 2. The van der Waals surface area contributed by atoms with Gasteiger partial charge in [-0.25, -0.2) is 4.79 Å². The number of non-ortho nitro benzene ring substituents is 1. The van der Waals surface area contributed by atoms with E-state index in [1.54, 1.807) is 24.3 Å². The van der Waals surface area contributed by atoms with Gasteiger partial charge in [0, 0.05) is 24.3 Å². The largest absolute Gasteiger partial charge is 0.459 e. The van der Waals surface area contributed by atoms with Crippen molar-refractivity contribution in [2.24, 2.45) is 0 Å². The standard InChI is InChI=1S/C23H19ClN2O7/c24-18-12-14(26(29)30)7-8-16(18)20-9-10-21(33-20)22(27)25-19-6-2-1-5-17(19)23(28)32-13-15-4-3-11-31-15/h1-2,5-10,12,15H,3-4,11,13H2,(H,25,27). The van der Waals surface area contributed by atoms with E-state index < -0.39 is 16.8 Å². The fraction of sp³-hybridized carbons (Fsp3) is 0.217. The molecule has 2 heterocycles. The zero-order chi connectivity index (χ0) is 23.4. The van der Waals surface area contributed by atoms with Gasteiger partial charge in [0.25, 0.3) is 11.6 Å². The number of furan rings is 1. The molecule has 1 unspecified atom stereocenters. The van der Waals surface area contributed by atoms with Gasteiger partial charge in [-0.3, -0.25) is 14.9 Å². The summed E-state index contributed by atoms with van der Waals surface area (Å²) in [6, 6.07) is 13.4. The summed E-state index contributed by atoms with van der Waals surface area (Å²) in [5.41, 5.74) is 0.718. The summed E-state index contributed by atoms with van der Waals surface area (Å²) in [6.45, 7) is 0.809. The third-order valence-corrected chi connectivity index (χ3v) is 5.39.